The Balaban J connectivity index is 1.84. The van der Waals surface area contributed by atoms with E-state index in [-0.39, 0.29) is 5.56 Å². The molecule has 0 aliphatic carbocycles. The van der Waals surface area contributed by atoms with Crippen LogP contribution in [-0.2, 0) is 16.1 Å². The molecule has 2 unspecified atom stereocenters. The van der Waals surface area contributed by atoms with Crippen LogP contribution in [0.1, 0.15) is 27.7 Å². The van der Waals surface area contributed by atoms with E-state index in [1.807, 2.05) is 12.1 Å². The minimum absolute atomic E-state index is 0.255. The van der Waals surface area contributed by atoms with Crippen molar-refractivity contribution in [2.24, 2.45) is 0 Å². The van der Waals surface area contributed by atoms with Crippen LogP contribution in [0.2, 0.25) is 0 Å². The van der Waals surface area contributed by atoms with E-state index in [0.29, 0.717) is 23.4 Å². The molecular formula is C18H9As2AtN2O4. The number of hydrogen-bond donors (Lipinski definition) is 1. The summed E-state index contributed by atoms with van der Waals surface area (Å²) in [7, 11) is 0. The molecule has 5 rings (SSSR count). The number of fused-ring (bicyclic) bond motifs is 5. The van der Waals surface area contributed by atoms with Gasteiger partial charge in [0.1, 0.15) is 0 Å². The molecule has 0 saturated carbocycles. The second kappa shape index (κ2) is 6.26. The van der Waals surface area contributed by atoms with Crippen molar-refractivity contribution in [1.29, 1.82) is 0 Å². The van der Waals surface area contributed by atoms with Crippen molar-refractivity contribution < 1.29 is 39.4 Å². The number of aromatic nitrogens is 2. The van der Waals surface area contributed by atoms with Crippen LogP contribution in [0.25, 0.3) is 22.3 Å². The molecule has 4 heterocycles. The fourth-order valence-electron chi connectivity index (χ4n) is 3.68. The molecule has 0 fully saturated rings. The molecule has 132 valence electrons. The summed E-state index contributed by atoms with van der Waals surface area (Å²) in [6, 6.07) is 7.70. The quantitative estimate of drug-likeness (QED) is 0.194. The molecule has 1 aromatic carbocycles. The Bertz CT molecular complexity index is 1240. The average molecular weight is 677 g/mol. The Morgan fingerprint density at radius 3 is 2.89 bits per heavy atom. The molecule has 2 atom stereocenters. The van der Waals surface area contributed by atoms with E-state index < -0.39 is 17.0 Å². The number of pyridine rings is 2. The predicted molar refractivity (Wildman–Crippen MR) is 95.1 cm³/mol. The summed E-state index contributed by atoms with van der Waals surface area (Å²) in [5.74, 6) is -0.743. The number of rotatable bonds is 0. The SMILES string of the molecule is O=C1OC([As])c2c(cc3n(c2=O)Cc2c-3nc3cccc([At])c3c2[As])C1O. The zero-order valence-electron chi connectivity index (χ0n) is 13.5. The monoisotopic (exact) mass is 677 g/mol. The molecule has 2 aliphatic rings. The number of benzene rings is 1. The molecule has 0 bridgehead atoms. The van der Waals surface area contributed by atoms with Crippen molar-refractivity contribution in [3.05, 3.63) is 51.3 Å². The number of esters is 1. The third-order valence-corrected chi connectivity index (χ3v) is 7.98. The Morgan fingerprint density at radius 1 is 1.33 bits per heavy atom. The first kappa shape index (κ1) is 18.1. The van der Waals surface area contributed by atoms with Gasteiger partial charge in [-0.2, -0.15) is 0 Å². The van der Waals surface area contributed by atoms with E-state index in [4.69, 9.17) is 9.72 Å². The van der Waals surface area contributed by atoms with Gasteiger partial charge in [-0.05, 0) is 0 Å². The van der Waals surface area contributed by atoms with E-state index in [2.05, 4.69) is 39.8 Å². The molecule has 2 aromatic heterocycles. The zero-order chi connectivity index (χ0) is 19.0. The standard InChI is InChI=1S/C18H9As2AtN2O4/c19-13-7-5-23-10(14(7)22-9-3-1-2-8(21)12(9)13)4-6-11(17(23)25)16(20)27-18(26)15(6)24/h1-4,15-16,24H,5H2. The molecule has 4 radical (unpaired) electrons. The van der Waals surface area contributed by atoms with E-state index in [0.717, 1.165) is 26.5 Å². The minimum atomic E-state index is -1.45. The summed E-state index contributed by atoms with van der Waals surface area (Å²) in [4.78, 5) is 29.1. The Kier molecular flexibility index (Phi) is 4.19. The van der Waals surface area contributed by atoms with Gasteiger partial charge in [0.2, 0.25) is 0 Å². The number of aliphatic hydroxyl groups is 1. The summed E-state index contributed by atoms with van der Waals surface area (Å²) < 4.78 is 8.99. The van der Waals surface area contributed by atoms with Crippen molar-refractivity contribution >= 4 is 58.2 Å². The second-order valence-electron chi connectivity index (χ2n) is 6.40. The van der Waals surface area contributed by atoms with Gasteiger partial charge < -0.3 is 0 Å². The van der Waals surface area contributed by atoms with Gasteiger partial charge in [0.25, 0.3) is 0 Å². The third kappa shape index (κ3) is 2.48. The normalized spacial score (nSPS) is 20.2. The first-order valence-corrected chi connectivity index (χ1v) is 11.5. The van der Waals surface area contributed by atoms with Gasteiger partial charge in [-0.15, -0.1) is 0 Å². The molecule has 0 amide bonds. The fraction of sp³-hybridized carbons (Fsp3) is 0.167. The molecule has 0 saturated heterocycles. The van der Waals surface area contributed by atoms with E-state index in [9.17, 15) is 14.7 Å². The van der Waals surface area contributed by atoms with E-state index in [1.165, 1.54) is 3.27 Å². The number of hydrogen-bond acceptors (Lipinski definition) is 5. The Labute approximate surface area is 186 Å². The number of nitrogens with zero attached hydrogens (tertiary/aromatic N) is 2. The van der Waals surface area contributed by atoms with Gasteiger partial charge in [-0.3, -0.25) is 0 Å². The molecule has 6 nitrogen and oxygen atoms in total. The van der Waals surface area contributed by atoms with Gasteiger partial charge in [0.05, 0.1) is 0 Å². The number of aliphatic hydroxyl groups excluding tert-OH is 1. The summed E-state index contributed by atoms with van der Waals surface area (Å²) >= 11 is 6.37. The van der Waals surface area contributed by atoms with Crippen LogP contribution < -0.4 is 13.2 Å². The third-order valence-electron chi connectivity index (χ3n) is 4.95. The summed E-state index contributed by atoms with van der Waals surface area (Å²) in [6.45, 7) is 0.411. The van der Waals surface area contributed by atoms with Crippen LogP contribution in [0.3, 0.4) is 0 Å². The Hall–Kier alpha value is -0.990. The van der Waals surface area contributed by atoms with Crippen LogP contribution in [0.4, 0.5) is 0 Å². The van der Waals surface area contributed by atoms with Gasteiger partial charge in [0.15, 0.2) is 0 Å². The Morgan fingerprint density at radius 2 is 2.11 bits per heavy atom. The second-order valence-corrected chi connectivity index (χ2v) is 9.91. The summed E-state index contributed by atoms with van der Waals surface area (Å²) in [5, 5.41) is 11.4. The molecule has 27 heavy (non-hydrogen) atoms. The average Bonchev–Trinajstić information content (AvgIpc) is 2.99. The fourth-order valence-corrected chi connectivity index (χ4v) is 6.97. The molecule has 0 spiro atoms. The summed E-state index contributed by atoms with van der Waals surface area (Å²) in [5.41, 5.74) is 3.57. The van der Waals surface area contributed by atoms with Crippen LogP contribution in [0.5, 0.6) is 0 Å². The molecule has 1 N–H and O–H groups in total. The summed E-state index contributed by atoms with van der Waals surface area (Å²) in [6.07, 6.45) is -1.45. The van der Waals surface area contributed by atoms with E-state index >= 15 is 0 Å². The topological polar surface area (TPSA) is 81.4 Å². The number of carbonyl (C=O) groups excluding carboxylic acids is 1. The molecule has 2 aliphatic heterocycles. The predicted octanol–water partition coefficient (Wildman–Crippen LogP) is -0.849. The molecule has 9 heteroatoms. The van der Waals surface area contributed by atoms with Crippen molar-refractivity contribution in [3.8, 4) is 11.4 Å². The van der Waals surface area contributed by atoms with Crippen molar-refractivity contribution in [3.63, 3.8) is 0 Å². The van der Waals surface area contributed by atoms with E-state index in [1.54, 1.807) is 35.4 Å². The van der Waals surface area contributed by atoms with Crippen LogP contribution >= 0.6 is 0 Å². The first-order chi connectivity index (χ1) is 12.9. The number of cyclic esters (lactones) is 1. The van der Waals surface area contributed by atoms with Crippen LogP contribution in [0.15, 0.2) is 29.1 Å². The van der Waals surface area contributed by atoms with Gasteiger partial charge in [0, 0.05) is 0 Å². The first-order valence-electron chi connectivity index (χ1n) is 8.03. The number of carbonyl (C=O) groups is 1. The van der Waals surface area contributed by atoms with Gasteiger partial charge >= 0.3 is 187 Å². The maximum absolute atomic E-state index is 13.1. The number of ether oxygens (including phenoxy) is 1. The maximum atomic E-state index is 13.1. The molecular weight excluding hydrogens is 668 g/mol. The zero-order valence-corrected chi connectivity index (χ0v) is 20.2. The van der Waals surface area contributed by atoms with Gasteiger partial charge in [-0.1, -0.05) is 0 Å². The molecule has 3 aromatic rings. The van der Waals surface area contributed by atoms with Crippen LogP contribution in [-0.4, -0.2) is 54.3 Å². The van der Waals surface area contributed by atoms with Crippen LogP contribution in [0, 0.1) is 24.7 Å². The van der Waals surface area contributed by atoms with Gasteiger partial charge in [-0.25, -0.2) is 0 Å². The van der Waals surface area contributed by atoms with Crippen molar-refractivity contribution in [1.82, 2.24) is 9.55 Å². The van der Waals surface area contributed by atoms with Crippen molar-refractivity contribution in [2.45, 2.75) is 17.5 Å². The van der Waals surface area contributed by atoms with Crippen molar-refractivity contribution in [2.75, 3.05) is 0 Å².